The van der Waals surface area contributed by atoms with Crippen molar-refractivity contribution in [2.24, 2.45) is 0 Å². The molecule has 154 valence electrons. The first kappa shape index (κ1) is 19.0. The van der Waals surface area contributed by atoms with Gasteiger partial charge >= 0.3 is 0 Å². The van der Waals surface area contributed by atoms with Crippen molar-refractivity contribution in [1.82, 2.24) is 0 Å². The van der Waals surface area contributed by atoms with Gasteiger partial charge in [0.1, 0.15) is 0 Å². The molecular weight excluding hydrogens is 414 g/mol. The topological polar surface area (TPSA) is 46.2 Å². The number of para-hydroxylation sites is 1. The molecular formula is C28H19NO2S. The second-order valence-electron chi connectivity index (χ2n) is 7.95. The lowest BCUT2D eigenvalue weighted by Gasteiger charge is -2.18. The molecule has 4 heteroatoms. The van der Waals surface area contributed by atoms with Crippen LogP contribution < -0.4 is 5.32 Å². The van der Waals surface area contributed by atoms with Gasteiger partial charge in [0.15, 0.2) is 5.78 Å². The van der Waals surface area contributed by atoms with Crippen molar-refractivity contribution in [2.45, 2.75) is 10.1 Å². The second kappa shape index (κ2) is 7.43. The lowest BCUT2D eigenvalue weighted by molar-refractivity contribution is 0.103. The van der Waals surface area contributed by atoms with Crippen molar-refractivity contribution < 1.29 is 9.00 Å². The van der Waals surface area contributed by atoms with Gasteiger partial charge in [0.05, 0.1) is 32.3 Å². The maximum absolute atomic E-state index is 13.9. The van der Waals surface area contributed by atoms with Crippen LogP contribution in [0.4, 0.5) is 5.69 Å². The van der Waals surface area contributed by atoms with E-state index in [0.717, 1.165) is 33.6 Å². The number of anilines is 1. The SMILES string of the molecule is O=C1C2=C(Nc3ccccc3S(=O)C2c2ccc(-c3ccccc3)cc2)c2ccccc21. The fourth-order valence-corrected chi connectivity index (χ4v) is 6.22. The Morgan fingerprint density at radius 2 is 1.28 bits per heavy atom. The van der Waals surface area contributed by atoms with E-state index < -0.39 is 16.0 Å². The van der Waals surface area contributed by atoms with Gasteiger partial charge in [-0.05, 0) is 28.8 Å². The van der Waals surface area contributed by atoms with Gasteiger partial charge in [0, 0.05) is 16.7 Å². The minimum absolute atomic E-state index is 0.0543. The molecule has 6 rings (SSSR count). The smallest absolute Gasteiger partial charge is 0.193 e. The molecule has 32 heavy (non-hydrogen) atoms. The largest absolute Gasteiger partial charge is 0.354 e. The lowest BCUT2D eigenvalue weighted by atomic mass is 9.98. The number of Topliss-reactive ketones (excluding diaryl/α,β-unsaturated/α-hetero) is 1. The highest BCUT2D eigenvalue weighted by Crippen LogP contribution is 2.47. The second-order valence-corrected chi connectivity index (χ2v) is 9.46. The first-order valence-electron chi connectivity index (χ1n) is 10.5. The van der Waals surface area contributed by atoms with Gasteiger partial charge in [-0.3, -0.25) is 9.00 Å². The third-order valence-electron chi connectivity index (χ3n) is 6.12. The summed E-state index contributed by atoms with van der Waals surface area (Å²) in [6.07, 6.45) is 0. The predicted octanol–water partition coefficient (Wildman–Crippen LogP) is 6.24. The molecule has 0 saturated carbocycles. The van der Waals surface area contributed by atoms with Crippen molar-refractivity contribution in [3.8, 4) is 11.1 Å². The number of ketones is 1. The summed E-state index contributed by atoms with van der Waals surface area (Å²) < 4.78 is 13.9. The zero-order valence-corrected chi connectivity index (χ0v) is 17.9. The summed E-state index contributed by atoms with van der Waals surface area (Å²) in [6.45, 7) is 0. The number of carbonyl (C=O) groups excluding carboxylic acids is 1. The quantitative estimate of drug-likeness (QED) is 0.407. The van der Waals surface area contributed by atoms with Crippen LogP contribution in [-0.4, -0.2) is 9.99 Å². The zero-order valence-electron chi connectivity index (χ0n) is 17.1. The van der Waals surface area contributed by atoms with Crippen LogP contribution in [0, 0.1) is 0 Å². The van der Waals surface area contributed by atoms with Crippen LogP contribution >= 0.6 is 0 Å². The minimum Gasteiger partial charge on any atom is -0.354 e. The van der Waals surface area contributed by atoms with Crippen molar-refractivity contribution in [3.05, 3.63) is 125 Å². The maximum atomic E-state index is 13.9. The van der Waals surface area contributed by atoms with Crippen LogP contribution in [0.3, 0.4) is 0 Å². The Morgan fingerprint density at radius 3 is 2.06 bits per heavy atom. The van der Waals surface area contributed by atoms with E-state index in [9.17, 15) is 9.00 Å². The Kier molecular flexibility index (Phi) is 4.40. The van der Waals surface area contributed by atoms with Crippen LogP contribution in [0.15, 0.2) is 114 Å². The van der Waals surface area contributed by atoms with Gasteiger partial charge in [0.25, 0.3) is 0 Å². The summed E-state index contributed by atoms with van der Waals surface area (Å²) >= 11 is 0. The first-order valence-corrected chi connectivity index (χ1v) is 11.7. The number of benzene rings is 4. The van der Waals surface area contributed by atoms with Crippen molar-refractivity contribution in [3.63, 3.8) is 0 Å². The Balaban J connectivity index is 1.53. The highest BCUT2D eigenvalue weighted by Gasteiger charge is 2.41. The molecule has 4 aromatic rings. The van der Waals surface area contributed by atoms with Crippen LogP contribution in [0.5, 0.6) is 0 Å². The summed E-state index contributed by atoms with van der Waals surface area (Å²) in [5, 5.41) is 2.89. The van der Waals surface area contributed by atoms with Crippen LogP contribution in [0.25, 0.3) is 16.8 Å². The normalized spacial score (nSPS) is 18.9. The lowest BCUT2D eigenvalue weighted by Crippen LogP contribution is -2.14. The third-order valence-corrected chi connectivity index (χ3v) is 7.84. The van der Waals surface area contributed by atoms with E-state index in [4.69, 9.17) is 0 Å². The number of rotatable bonds is 2. The summed E-state index contributed by atoms with van der Waals surface area (Å²) in [4.78, 5) is 14.2. The Hall–Kier alpha value is -3.76. The third kappa shape index (κ3) is 2.88. The molecule has 0 saturated heterocycles. The van der Waals surface area contributed by atoms with Crippen LogP contribution in [-0.2, 0) is 10.8 Å². The predicted molar refractivity (Wildman–Crippen MR) is 129 cm³/mol. The van der Waals surface area contributed by atoms with Gasteiger partial charge in [-0.1, -0.05) is 91.0 Å². The molecule has 3 nitrogen and oxygen atoms in total. The van der Waals surface area contributed by atoms with E-state index in [1.807, 2.05) is 91.0 Å². The number of nitrogens with one attached hydrogen (secondary N) is 1. The Labute approximate surface area is 188 Å². The number of fused-ring (bicyclic) bond motifs is 3. The number of hydrogen-bond acceptors (Lipinski definition) is 3. The maximum Gasteiger partial charge on any atom is 0.193 e. The van der Waals surface area contributed by atoms with Gasteiger partial charge in [-0.15, -0.1) is 0 Å². The average Bonchev–Trinajstić information content (AvgIpc) is 3.04. The molecule has 0 bridgehead atoms. The molecule has 0 fully saturated rings. The van der Waals surface area contributed by atoms with Gasteiger partial charge < -0.3 is 5.32 Å². The molecule has 1 aliphatic carbocycles. The summed E-state index contributed by atoms with van der Waals surface area (Å²) in [5.74, 6) is -0.0543. The molecule has 0 aromatic heterocycles. The monoisotopic (exact) mass is 433 g/mol. The molecule has 0 spiro atoms. The molecule has 1 aliphatic heterocycles. The van der Waals surface area contributed by atoms with Crippen LogP contribution in [0.1, 0.15) is 26.7 Å². The molecule has 1 heterocycles. The first-order chi connectivity index (χ1) is 15.7. The van der Waals surface area contributed by atoms with Gasteiger partial charge in [-0.2, -0.15) is 0 Å². The van der Waals surface area contributed by atoms with E-state index in [1.54, 1.807) is 0 Å². The Morgan fingerprint density at radius 1 is 0.656 bits per heavy atom. The highest BCUT2D eigenvalue weighted by molar-refractivity contribution is 7.85. The van der Waals surface area contributed by atoms with Gasteiger partial charge in [-0.25, -0.2) is 0 Å². The molecule has 2 unspecified atom stereocenters. The standard InChI is InChI=1S/C28H19NO2S/c30-27-22-11-5-4-10-21(22)26-25(27)28(32(31)24-13-7-6-12-23(24)29-26)20-16-14-19(15-17-20)18-8-2-1-3-9-18/h1-17,28-29H. The average molecular weight is 434 g/mol. The molecule has 2 atom stereocenters. The van der Waals surface area contributed by atoms with E-state index in [-0.39, 0.29) is 5.78 Å². The molecule has 2 aliphatic rings. The summed E-state index contributed by atoms with van der Waals surface area (Å²) in [7, 11) is -1.43. The van der Waals surface area contributed by atoms with Crippen LogP contribution in [0.2, 0.25) is 0 Å². The molecule has 1 N–H and O–H groups in total. The molecule has 0 radical (unpaired) electrons. The molecule has 0 amide bonds. The van der Waals surface area contributed by atoms with Gasteiger partial charge in [0.2, 0.25) is 0 Å². The number of hydrogen-bond donors (Lipinski definition) is 1. The summed E-state index contributed by atoms with van der Waals surface area (Å²) in [5.41, 5.74) is 6.73. The van der Waals surface area contributed by atoms with E-state index in [0.29, 0.717) is 16.0 Å². The van der Waals surface area contributed by atoms with E-state index in [2.05, 4.69) is 17.4 Å². The highest BCUT2D eigenvalue weighted by atomic mass is 32.2. The number of carbonyl (C=O) groups is 1. The fourth-order valence-electron chi connectivity index (χ4n) is 4.57. The summed E-state index contributed by atoms with van der Waals surface area (Å²) in [6, 6.07) is 33.4. The van der Waals surface area contributed by atoms with E-state index in [1.165, 1.54) is 0 Å². The fraction of sp³-hybridized carbons (Fsp3) is 0.0357. The van der Waals surface area contributed by atoms with Crippen molar-refractivity contribution in [2.75, 3.05) is 5.32 Å². The minimum atomic E-state index is -1.43. The zero-order chi connectivity index (χ0) is 21.7. The Bertz CT molecular complexity index is 1420. The van der Waals surface area contributed by atoms with Crippen molar-refractivity contribution >= 4 is 28.0 Å². The molecule has 4 aromatic carbocycles. The van der Waals surface area contributed by atoms with Crippen molar-refractivity contribution in [1.29, 1.82) is 0 Å². The van der Waals surface area contributed by atoms with E-state index >= 15 is 0 Å².